The number of aliphatic carboxylic acids is 1. The normalized spacial score (nSPS) is 13.2. The number of hydroxylamine groups is 2. The molecule has 0 aromatic heterocycles. The first-order valence-electron chi connectivity index (χ1n) is 6.99. The zero-order valence-electron chi connectivity index (χ0n) is 13.0. The third-order valence-electron chi connectivity index (χ3n) is 2.91. The number of carboxylic acids is 1. The first-order valence-corrected chi connectivity index (χ1v) is 6.99. The highest BCUT2D eigenvalue weighted by Gasteiger charge is 2.26. The van der Waals surface area contributed by atoms with Gasteiger partial charge in [-0.25, -0.2) is 4.79 Å². The molecule has 1 saturated heterocycles. The van der Waals surface area contributed by atoms with Crippen molar-refractivity contribution >= 4 is 23.9 Å². The first-order chi connectivity index (χ1) is 11.3. The van der Waals surface area contributed by atoms with E-state index >= 15 is 0 Å². The van der Waals surface area contributed by atoms with Gasteiger partial charge in [-0.1, -0.05) is 30.3 Å². The van der Waals surface area contributed by atoms with E-state index in [1.807, 2.05) is 30.3 Å². The second-order valence-electron chi connectivity index (χ2n) is 4.89. The predicted octanol–water partition coefficient (Wildman–Crippen LogP) is 0.864. The van der Waals surface area contributed by atoms with Crippen LogP contribution in [0.2, 0.25) is 0 Å². The van der Waals surface area contributed by atoms with Gasteiger partial charge in [0.15, 0.2) is 0 Å². The summed E-state index contributed by atoms with van der Waals surface area (Å²) in [5.41, 5.74) is 0.861. The molecule has 1 aliphatic rings. The molecule has 9 heteroatoms. The van der Waals surface area contributed by atoms with Crippen LogP contribution in [0.4, 0.5) is 4.79 Å². The number of carbonyl (C=O) groups excluding carboxylic acids is 3. The summed E-state index contributed by atoms with van der Waals surface area (Å²) in [5.74, 6) is -2.08. The lowest BCUT2D eigenvalue weighted by molar-refractivity contribution is -0.171. The molecule has 2 rings (SSSR count). The summed E-state index contributed by atoms with van der Waals surface area (Å²) in [4.78, 5) is 43.1. The number of nitrogens with zero attached hydrogens (tertiary/aromatic N) is 2. The van der Waals surface area contributed by atoms with E-state index in [1.54, 1.807) is 0 Å². The van der Waals surface area contributed by atoms with E-state index in [2.05, 4.69) is 0 Å². The number of carbonyl (C=O) groups is 4. The number of likely N-dealkylation sites (N-methyl/N-ethyl adjacent to an activating group) is 1. The van der Waals surface area contributed by atoms with Gasteiger partial charge >= 0.3 is 12.1 Å². The highest BCUT2D eigenvalue weighted by molar-refractivity contribution is 6.00. The maximum atomic E-state index is 11.3. The number of hydrogen-bond donors (Lipinski definition) is 2. The lowest BCUT2D eigenvalue weighted by Gasteiger charge is -2.14. The summed E-state index contributed by atoms with van der Waals surface area (Å²) in [7, 11) is 1.38. The molecule has 1 aromatic rings. The van der Waals surface area contributed by atoms with Crippen LogP contribution in [-0.2, 0) is 25.7 Å². The Kier molecular flexibility index (Phi) is 7.37. The molecule has 1 heterocycles. The Hall–Kier alpha value is -2.94. The highest BCUT2D eigenvalue weighted by atomic mass is 16.6. The van der Waals surface area contributed by atoms with E-state index in [-0.39, 0.29) is 31.1 Å². The van der Waals surface area contributed by atoms with Crippen molar-refractivity contribution in [3.63, 3.8) is 0 Å². The maximum Gasteiger partial charge on any atom is 0.410 e. The van der Waals surface area contributed by atoms with E-state index in [1.165, 1.54) is 7.05 Å². The zero-order chi connectivity index (χ0) is 18.1. The third kappa shape index (κ3) is 6.44. The number of carboxylic acid groups (broad SMARTS) is 1. The SMILES string of the molecule is CN(CC(=O)O)C(=O)OCc1ccccc1.O=C1CCC(=O)N1O. The van der Waals surface area contributed by atoms with Gasteiger partial charge in [0, 0.05) is 19.9 Å². The van der Waals surface area contributed by atoms with E-state index in [9.17, 15) is 19.2 Å². The minimum absolute atomic E-state index is 0.142. The molecule has 130 valence electrons. The Labute approximate surface area is 138 Å². The smallest absolute Gasteiger partial charge is 0.410 e. The number of amides is 3. The number of ether oxygens (including phenoxy) is 1. The van der Waals surface area contributed by atoms with Crippen molar-refractivity contribution in [1.82, 2.24) is 9.96 Å². The molecule has 2 N–H and O–H groups in total. The fourth-order valence-corrected chi connectivity index (χ4v) is 1.66. The van der Waals surface area contributed by atoms with Gasteiger partial charge in [-0.2, -0.15) is 5.06 Å². The van der Waals surface area contributed by atoms with Gasteiger partial charge in [0.05, 0.1) is 0 Å². The third-order valence-corrected chi connectivity index (χ3v) is 2.91. The molecule has 1 aromatic carbocycles. The molecule has 3 amide bonds. The van der Waals surface area contributed by atoms with E-state index < -0.39 is 23.9 Å². The summed E-state index contributed by atoms with van der Waals surface area (Å²) in [6.07, 6.45) is -0.351. The first kappa shape index (κ1) is 19.1. The van der Waals surface area contributed by atoms with Crippen molar-refractivity contribution in [2.24, 2.45) is 0 Å². The lowest BCUT2D eigenvalue weighted by atomic mass is 10.2. The molecule has 0 aliphatic carbocycles. The molecule has 9 nitrogen and oxygen atoms in total. The minimum atomic E-state index is -1.07. The lowest BCUT2D eigenvalue weighted by Crippen LogP contribution is -2.32. The van der Waals surface area contributed by atoms with Crippen LogP contribution >= 0.6 is 0 Å². The Balaban J connectivity index is 0.000000300. The molecular formula is C15H18N2O7. The second kappa shape index (κ2) is 9.26. The largest absolute Gasteiger partial charge is 0.480 e. The van der Waals surface area contributed by atoms with Crippen molar-refractivity contribution in [1.29, 1.82) is 0 Å². The highest BCUT2D eigenvalue weighted by Crippen LogP contribution is 2.07. The van der Waals surface area contributed by atoms with Crippen LogP contribution in [-0.4, -0.2) is 57.7 Å². The van der Waals surface area contributed by atoms with Crippen LogP contribution in [0, 0.1) is 0 Å². The van der Waals surface area contributed by atoms with Crippen molar-refractivity contribution in [2.45, 2.75) is 19.4 Å². The van der Waals surface area contributed by atoms with Crippen LogP contribution in [0.3, 0.4) is 0 Å². The number of hydrogen-bond acceptors (Lipinski definition) is 6. The van der Waals surface area contributed by atoms with Gasteiger partial charge in [0.2, 0.25) is 0 Å². The molecule has 24 heavy (non-hydrogen) atoms. The van der Waals surface area contributed by atoms with Crippen LogP contribution in [0.5, 0.6) is 0 Å². The standard InChI is InChI=1S/C11H13NO4.C4H5NO3/c1-12(7-10(13)14)11(15)16-8-9-5-3-2-4-6-9;6-3-1-2-4(7)5(3)8/h2-6H,7-8H2,1H3,(H,13,14);8H,1-2H2. The van der Waals surface area contributed by atoms with Crippen LogP contribution < -0.4 is 0 Å². The summed E-state index contributed by atoms with van der Waals surface area (Å²) in [5, 5.41) is 17.0. The average Bonchev–Trinajstić information content (AvgIpc) is 2.84. The summed E-state index contributed by atoms with van der Waals surface area (Å²) in [6.45, 7) is -0.225. The monoisotopic (exact) mass is 338 g/mol. The zero-order valence-corrected chi connectivity index (χ0v) is 13.0. The fourth-order valence-electron chi connectivity index (χ4n) is 1.66. The number of imide groups is 1. The molecule has 0 bridgehead atoms. The minimum Gasteiger partial charge on any atom is -0.480 e. The fraction of sp³-hybridized carbons (Fsp3) is 0.333. The second-order valence-corrected chi connectivity index (χ2v) is 4.89. The van der Waals surface area contributed by atoms with Crippen LogP contribution in [0.15, 0.2) is 30.3 Å². The van der Waals surface area contributed by atoms with Gasteiger partial charge in [-0.15, -0.1) is 0 Å². The molecule has 1 aliphatic heterocycles. The quantitative estimate of drug-likeness (QED) is 0.616. The van der Waals surface area contributed by atoms with Crippen molar-refractivity contribution in [2.75, 3.05) is 13.6 Å². The molecule has 0 radical (unpaired) electrons. The summed E-state index contributed by atoms with van der Waals surface area (Å²) in [6, 6.07) is 9.19. The van der Waals surface area contributed by atoms with Gasteiger partial charge in [-0.05, 0) is 5.56 Å². The maximum absolute atomic E-state index is 11.3. The van der Waals surface area contributed by atoms with Crippen molar-refractivity contribution < 1.29 is 34.2 Å². The molecule has 0 atom stereocenters. The van der Waals surface area contributed by atoms with E-state index in [0.717, 1.165) is 10.5 Å². The Bertz CT molecular complexity index is 587. The molecule has 1 fully saturated rings. The van der Waals surface area contributed by atoms with Crippen LogP contribution in [0.1, 0.15) is 18.4 Å². The molecule has 0 unspecified atom stereocenters. The molecule has 0 saturated carbocycles. The number of benzene rings is 1. The number of rotatable bonds is 4. The van der Waals surface area contributed by atoms with Gasteiger partial charge in [0.25, 0.3) is 11.8 Å². The topological polar surface area (TPSA) is 124 Å². The van der Waals surface area contributed by atoms with Gasteiger partial charge < -0.3 is 14.7 Å². The van der Waals surface area contributed by atoms with Gasteiger partial charge in [0.1, 0.15) is 13.2 Å². The van der Waals surface area contributed by atoms with Crippen LogP contribution in [0.25, 0.3) is 0 Å². The van der Waals surface area contributed by atoms with Crippen molar-refractivity contribution in [3.8, 4) is 0 Å². The van der Waals surface area contributed by atoms with Crippen molar-refractivity contribution in [3.05, 3.63) is 35.9 Å². The van der Waals surface area contributed by atoms with Gasteiger partial charge in [-0.3, -0.25) is 19.6 Å². The Morgan fingerprint density at radius 3 is 2.12 bits per heavy atom. The summed E-state index contributed by atoms with van der Waals surface area (Å²) >= 11 is 0. The Morgan fingerprint density at radius 1 is 1.17 bits per heavy atom. The Morgan fingerprint density at radius 2 is 1.71 bits per heavy atom. The van der Waals surface area contributed by atoms with E-state index in [4.69, 9.17) is 15.1 Å². The molecule has 0 spiro atoms. The molecular weight excluding hydrogens is 320 g/mol. The summed E-state index contributed by atoms with van der Waals surface area (Å²) < 4.78 is 4.91. The average molecular weight is 338 g/mol. The predicted molar refractivity (Wildman–Crippen MR) is 79.8 cm³/mol. The van der Waals surface area contributed by atoms with E-state index in [0.29, 0.717) is 0 Å².